The molecule has 4 heteroatoms. The van der Waals surface area contributed by atoms with E-state index in [4.69, 9.17) is 15.0 Å². The molecule has 0 bridgehead atoms. The van der Waals surface area contributed by atoms with Gasteiger partial charge in [-0.05, 0) is 111 Å². The molecule has 0 saturated heterocycles. The first-order valence-corrected chi connectivity index (χ1v) is 26.1. The summed E-state index contributed by atoms with van der Waals surface area (Å²) in [5, 5.41) is 0. The topological polar surface area (TPSA) is 38.7 Å². The SMILES string of the molecule is CC(C)(C)Cc1ccnc(-c2[c-]cc(CCc3cc(CCc4c[c-]c(-c5cc(CC(C)(C)C)ccn5)cc4)cc(-c4ccccc4-c4c[c-]c(-c5ccccn5)cc4-c4ccc(-c5ccccc5)cc4)c3)cc2)c1.[Ir+3]. The summed E-state index contributed by atoms with van der Waals surface area (Å²) in [6.45, 7) is 13.7. The van der Waals surface area contributed by atoms with E-state index in [1.807, 2.05) is 30.7 Å². The van der Waals surface area contributed by atoms with Crippen LogP contribution in [0.3, 0.4) is 0 Å². The summed E-state index contributed by atoms with van der Waals surface area (Å²) in [4.78, 5) is 14.2. The Morgan fingerprint density at radius 3 is 1.35 bits per heavy atom. The van der Waals surface area contributed by atoms with Crippen LogP contribution in [0.1, 0.15) is 74.9 Å². The van der Waals surface area contributed by atoms with Crippen LogP contribution in [-0.2, 0) is 58.6 Å². The van der Waals surface area contributed by atoms with Crippen LogP contribution in [0.5, 0.6) is 0 Å². The van der Waals surface area contributed by atoms with Gasteiger partial charge in [-0.3, -0.25) is 0 Å². The standard InChI is InChI=1S/C71H64N3.Ir/c1-70(2,3)48-54-37-40-73-68(45-54)59-27-23-50(24-28-59)19-21-52-42-53(22-20-51-25-29-60(30-26-51)69-46-55(38-41-74-69)49-71(4,5)6)44-62(43-52)63-16-10-11-17-64(63)65-36-35-61(67-18-12-13-39-72-67)47-66(65)58-33-31-57(32-34-58)56-14-8-7-9-15-56;/h7-18,23-27,29,31-34,36-47H,19-22,48-49H2,1-6H3;/q-3;+3. The van der Waals surface area contributed by atoms with Gasteiger partial charge in [-0.25, -0.2) is 0 Å². The minimum Gasteiger partial charge on any atom is -0.305 e. The maximum atomic E-state index is 4.73. The fourth-order valence-electron chi connectivity index (χ4n) is 10.1. The van der Waals surface area contributed by atoms with Crippen LogP contribution >= 0.6 is 0 Å². The first-order chi connectivity index (χ1) is 35.9. The summed E-state index contributed by atoms with van der Waals surface area (Å²) in [5.74, 6) is 0. The third-order valence-electron chi connectivity index (χ3n) is 13.6. The Kier molecular flexibility index (Phi) is 16.4. The predicted octanol–water partition coefficient (Wildman–Crippen LogP) is 17.7. The molecule has 0 N–H and O–H groups in total. The molecule has 0 unspecified atom stereocenters. The number of aromatic nitrogens is 3. The van der Waals surface area contributed by atoms with Crippen molar-refractivity contribution < 1.29 is 20.1 Å². The van der Waals surface area contributed by atoms with Gasteiger partial charge in [0.1, 0.15) is 0 Å². The van der Waals surface area contributed by atoms with Crippen molar-refractivity contribution in [2.24, 2.45) is 10.8 Å². The number of benzene rings is 7. The van der Waals surface area contributed by atoms with Gasteiger partial charge < -0.3 is 15.0 Å². The van der Waals surface area contributed by atoms with Crippen molar-refractivity contribution in [3.8, 4) is 78.3 Å². The van der Waals surface area contributed by atoms with Crippen LogP contribution in [0, 0.1) is 29.0 Å². The minimum atomic E-state index is 0. The zero-order valence-corrected chi connectivity index (χ0v) is 46.4. The summed E-state index contributed by atoms with van der Waals surface area (Å²) in [5.41, 5.74) is 23.4. The Morgan fingerprint density at radius 1 is 0.320 bits per heavy atom. The van der Waals surface area contributed by atoms with Gasteiger partial charge in [0.2, 0.25) is 0 Å². The van der Waals surface area contributed by atoms with Gasteiger partial charge in [0.15, 0.2) is 0 Å². The van der Waals surface area contributed by atoms with Crippen LogP contribution in [0.25, 0.3) is 78.3 Å². The molecule has 3 heterocycles. The van der Waals surface area contributed by atoms with Gasteiger partial charge in [0.25, 0.3) is 0 Å². The first kappa shape index (κ1) is 52.5. The molecular weight excluding hydrogens is 1090 g/mol. The third kappa shape index (κ3) is 13.7. The second kappa shape index (κ2) is 23.5. The Balaban J connectivity index is 0.00000689. The van der Waals surface area contributed by atoms with E-state index < -0.39 is 0 Å². The molecule has 10 rings (SSSR count). The molecule has 372 valence electrons. The van der Waals surface area contributed by atoms with Crippen LogP contribution in [0.4, 0.5) is 0 Å². The number of rotatable bonds is 15. The van der Waals surface area contributed by atoms with E-state index in [9.17, 15) is 0 Å². The van der Waals surface area contributed by atoms with Crippen LogP contribution in [-0.4, -0.2) is 15.0 Å². The number of hydrogen-bond acceptors (Lipinski definition) is 3. The molecule has 0 spiro atoms. The quantitative estimate of drug-likeness (QED) is 0.0960. The molecule has 10 aromatic rings. The molecule has 0 atom stereocenters. The molecule has 0 fully saturated rings. The summed E-state index contributed by atoms with van der Waals surface area (Å²) in [6, 6.07) is 78.8. The molecule has 0 aliphatic rings. The number of pyridine rings is 3. The van der Waals surface area contributed by atoms with Gasteiger partial charge in [0, 0.05) is 18.6 Å². The van der Waals surface area contributed by atoms with Crippen molar-refractivity contribution >= 4 is 0 Å². The second-order valence-electron chi connectivity index (χ2n) is 22.2. The average molecular weight is 1150 g/mol. The molecule has 75 heavy (non-hydrogen) atoms. The summed E-state index contributed by atoms with van der Waals surface area (Å²) in [7, 11) is 0. The van der Waals surface area contributed by atoms with Crippen LogP contribution < -0.4 is 0 Å². The maximum absolute atomic E-state index is 4.73. The van der Waals surface area contributed by atoms with E-state index in [1.165, 1.54) is 55.6 Å². The number of aryl methyl sites for hydroxylation is 4. The largest absolute Gasteiger partial charge is 3.00 e. The number of nitrogens with zero attached hydrogens (tertiary/aromatic N) is 3. The Labute approximate surface area is 459 Å². The zero-order valence-electron chi connectivity index (χ0n) is 44.0. The van der Waals surface area contributed by atoms with Crippen molar-refractivity contribution in [2.75, 3.05) is 0 Å². The van der Waals surface area contributed by atoms with E-state index in [2.05, 4.69) is 236 Å². The van der Waals surface area contributed by atoms with Crippen molar-refractivity contribution in [1.82, 2.24) is 15.0 Å². The van der Waals surface area contributed by atoms with Crippen LogP contribution in [0.2, 0.25) is 0 Å². The molecule has 0 aliphatic heterocycles. The minimum absolute atomic E-state index is 0. The molecular formula is C71H64IrN3. The normalized spacial score (nSPS) is 11.5. The summed E-state index contributed by atoms with van der Waals surface area (Å²) in [6.07, 6.45) is 11.3. The van der Waals surface area contributed by atoms with Crippen molar-refractivity contribution in [3.05, 3.63) is 258 Å². The monoisotopic (exact) mass is 1150 g/mol. The van der Waals surface area contributed by atoms with E-state index in [0.29, 0.717) is 0 Å². The zero-order chi connectivity index (χ0) is 51.1. The summed E-state index contributed by atoms with van der Waals surface area (Å²) >= 11 is 0. The van der Waals surface area contributed by atoms with E-state index in [0.717, 1.165) is 94.6 Å². The number of hydrogen-bond donors (Lipinski definition) is 0. The molecule has 3 aromatic heterocycles. The predicted molar refractivity (Wildman–Crippen MR) is 308 cm³/mol. The molecule has 0 radical (unpaired) electrons. The van der Waals surface area contributed by atoms with Gasteiger partial charge >= 0.3 is 20.1 Å². The maximum Gasteiger partial charge on any atom is 3.00 e. The third-order valence-corrected chi connectivity index (χ3v) is 13.6. The van der Waals surface area contributed by atoms with Crippen molar-refractivity contribution in [1.29, 1.82) is 0 Å². The Morgan fingerprint density at radius 2 is 0.813 bits per heavy atom. The van der Waals surface area contributed by atoms with Gasteiger partial charge in [-0.1, -0.05) is 204 Å². The fraction of sp³-hybridized carbons (Fsp3) is 0.197. The fourth-order valence-corrected chi connectivity index (χ4v) is 10.1. The molecule has 0 aliphatic carbocycles. The summed E-state index contributed by atoms with van der Waals surface area (Å²) < 4.78 is 0. The molecule has 0 amide bonds. The smallest absolute Gasteiger partial charge is 0.305 e. The van der Waals surface area contributed by atoms with Gasteiger partial charge in [-0.2, -0.15) is 0 Å². The van der Waals surface area contributed by atoms with Gasteiger partial charge in [-0.15, -0.1) is 94.5 Å². The van der Waals surface area contributed by atoms with Crippen molar-refractivity contribution in [3.63, 3.8) is 0 Å². The van der Waals surface area contributed by atoms with E-state index in [-0.39, 0.29) is 30.9 Å². The van der Waals surface area contributed by atoms with E-state index >= 15 is 0 Å². The first-order valence-electron chi connectivity index (χ1n) is 26.1. The molecule has 7 aromatic carbocycles. The second-order valence-corrected chi connectivity index (χ2v) is 22.2. The van der Waals surface area contributed by atoms with E-state index in [1.54, 1.807) is 0 Å². The Hall–Kier alpha value is -7.36. The molecule has 3 nitrogen and oxygen atoms in total. The van der Waals surface area contributed by atoms with Crippen molar-refractivity contribution in [2.45, 2.75) is 80.1 Å². The van der Waals surface area contributed by atoms with Gasteiger partial charge in [0.05, 0.1) is 0 Å². The average Bonchev–Trinajstić information content (AvgIpc) is 3.42. The Bertz CT molecular complexity index is 3350. The molecule has 0 saturated carbocycles. The van der Waals surface area contributed by atoms with Crippen LogP contribution in [0.15, 0.2) is 207 Å².